The zero-order chi connectivity index (χ0) is 11.0. The van der Waals surface area contributed by atoms with Crippen LogP contribution in [-0.2, 0) is 0 Å². The standard InChI is InChI=1S/C9H18N2O3/c1-2-8(3-4-10)11-9(5-12,6-13)7-14/h8,11-14H,2-3,5-7H2,1H3. The predicted octanol–water partition coefficient (Wildman–Crippen LogP) is -1.02. The number of hydrogen-bond acceptors (Lipinski definition) is 5. The molecule has 14 heavy (non-hydrogen) atoms. The first-order valence-corrected chi connectivity index (χ1v) is 4.65. The van der Waals surface area contributed by atoms with E-state index in [1.54, 1.807) is 0 Å². The lowest BCUT2D eigenvalue weighted by molar-refractivity contribution is 0.0341. The SMILES string of the molecule is CCC(CC#N)NC(CO)(CO)CO. The van der Waals surface area contributed by atoms with Crippen LogP contribution in [-0.4, -0.2) is 46.7 Å². The van der Waals surface area contributed by atoms with Crippen molar-refractivity contribution in [2.45, 2.75) is 31.3 Å². The second kappa shape index (κ2) is 6.74. The second-order valence-corrected chi connectivity index (χ2v) is 3.37. The van der Waals surface area contributed by atoms with E-state index in [0.717, 1.165) is 0 Å². The molecule has 0 rings (SSSR count). The Labute approximate surface area is 84.0 Å². The quantitative estimate of drug-likeness (QED) is 0.424. The van der Waals surface area contributed by atoms with Crippen molar-refractivity contribution in [3.05, 3.63) is 0 Å². The van der Waals surface area contributed by atoms with E-state index in [4.69, 9.17) is 20.6 Å². The van der Waals surface area contributed by atoms with E-state index in [9.17, 15) is 0 Å². The highest BCUT2D eigenvalue weighted by Crippen LogP contribution is 2.07. The number of nitriles is 1. The van der Waals surface area contributed by atoms with E-state index in [1.807, 2.05) is 13.0 Å². The molecule has 5 heteroatoms. The minimum atomic E-state index is -1.09. The molecule has 0 aliphatic rings. The lowest BCUT2D eigenvalue weighted by atomic mass is 10.00. The highest BCUT2D eigenvalue weighted by atomic mass is 16.3. The summed E-state index contributed by atoms with van der Waals surface area (Å²) in [7, 11) is 0. The largest absolute Gasteiger partial charge is 0.394 e. The van der Waals surface area contributed by atoms with E-state index in [2.05, 4.69) is 5.32 Å². The zero-order valence-electron chi connectivity index (χ0n) is 8.40. The maximum Gasteiger partial charge on any atom is 0.0884 e. The highest BCUT2D eigenvalue weighted by Gasteiger charge is 2.29. The van der Waals surface area contributed by atoms with Crippen molar-refractivity contribution in [1.82, 2.24) is 5.32 Å². The van der Waals surface area contributed by atoms with Gasteiger partial charge in [-0.25, -0.2) is 0 Å². The summed E-state index contributed by atoms with van der Waals surface area (Å²) < 4.78 is 0. The first-order valence-electron chi connectivity index (χ1n) is 4.65. The molecule has 0 radical (unpaired) electrons. The molecule has 0 amide bonds. The van der Waals surface area contributed by atoms with Crippen LogP contribution in [0.5, 0.6) is 0 Å². The monoisotopic (exact) mass is 202 g/mol. The Kier molecular flexibility index (Phi) is 6.41. The van der Waals surface area contributed by atoms with Gasteiger partial charge in [-0.2, -0.15) is 5.26 Å². The van der Waals surface area contributed by atoms with Crippen molar-refractivity contribution in [1.29, 1.82) is 5.26 Å². The van der Waals surface area contributed by atoms with Gasteiger partial charge in [0.25, 0.3) is 0 Å². The fourth-order valence-corrected chi connectivity index (χ4v) is 1.13. The molecule has 4 N–H and O–H groups in total. The van der Waals surface area contributed by atoms with Crippen molar-refractivity contribution in [3.63, 3.8) is 0 Å². The van der Waals surface area contributed by atoms with E-state index in [-0.39, 0.29) is 32.3 Å². The second-order valence-electron chi connectivity index (χ2n) is 3.37. The van der Waals surface area contributed by atoms with Gasteiger partial charge in [0.2, 0.25) is 0 Å². The average molecular weight is 202 g/mol. The van der Waals surface area contributed by atoms with Gasteiger partial charge in [0.1, 0.15) is 0 Å². The molecule has 0 fully saturated rings. The smallest absolute Gasteiger partial charge is 0.0884 e. The van der Waals surface area contributed by atoms with E-state index < -0.39 is 5.54 Å². The minimum absolute atomic E-state index is 0.119. The van der Waals surface area contributed by atoms with Gasteiger partial charge in [-0.15, -0.1) is 0 Å². The molecule has 0 saturated heterocycles. The van der Waals surface area contributed by atoms with Crippen molar-refractivity contribution in [2.75, 3.05) is 19.8 Å². The first kappa shape index (κ1) is 13.3. The van der Waals surface area contributed by atoms with Gasteiger partial charge >= 0.3 is 0 Å². The molecule has 1 atom stereocenters. The van der Waals surface area contributed by atoms with Crippen LogP contribution in [0.4, 0.5) is 0 Å². The molecule has 0 aromatic carbocycles. The molecule has 0 aromatic heterocycles. The van der Waals surface area contributed by atoms with Gasteiger partial charge in [0.15, 0.2) is 0 Å². The molecule has 0 spiro atoms. The number of aliphatic hydroxyl groups excluding tert-OH is 3. The fourth-order valence-electron chi connectivity index (χ4n) is 1.13. The van der Waals surface area contributed by atoms with Crippen molar-refractivity contribution >= 4 is 0 Å². The van der Waals surface area contributed by atoms with Crippen LogP contribution in [0.2, 0.25) is 0 Å². The summed E-state index contributed by atoms with van der Waals surface area (Å²) in [6, 6.07) is 1.89. The summed E-state index contributed by atoms with van der Waals surface area (Å²) in [6.45, 7) is 0.817. The first-order chi connectivity index (χ1) is 6.67. The normalized spacial score (nSPS) is 13.6. The summed E-state index contributed by atoms with van der Waals surface area (Å²) in [6.07, 6.45) is 0.994. The Morgan fingerprint density at radius 2 is 1.79 bits per heavy atom. The Morgan fingerprint density at radius 3 is 2.07 bits per heavy atom. The van der Waals surface area contributed by atoms with Crippen LogP contribution < -0.4 is 5.32 Å². The van der Waals surface area contributed by atoms with E-state index in [1.165, 1.54) is 0 Å². The Hall–Kier alpha value is -0.670. The topological polar surface area (TPSA) is 96.5 Å². The molecule has 82 valence electrons. The van der Waals surface area contributed by atoms with Gasteiger partial charge in [0, 0.05) is 6.04 Å². The van der Waals surface area contributed by atoms with Gasteiger partial charge in [-0.3, -0.25) is 0 Å². The molecule has 0 aromatic rings. The van der Waals surface area contributed by atoms with Gasteiger partial charge in [-0.05, 0) is 6.42 Å². The van der Waals surface area contributed by atoms with Crippen molar-refractivity contribution in [2.24, 2.45) is 0 Å². The average Bonchev–Trinajstić information content (AvgIpc) is 2.25. The summed E-state index contributed by atoms with van der Waals surface area (Å²) >= 11 is 0. The molecular weight excluding hydrogens is 184 g/mol. The summed E-state index contributed by atoms with van der Waals surface area (Å²) in [5, 5.41) is 38.5. The molecule has 5 nitrogen and oxygen atoms in total. The maximum atomic E-state index is 9.02. The lowest BCUT2D eigenvalue weighted by Gasteiger charge is -2.32. The number of aliphatic hydroxyl groups is 3. The van der Waals surface area contributed by atoms with Gasteiger partial charge < -0.3 is 20.6 Å². The number of nitrogens with one attached hydrogen (secondary N) is 1. The summed E-state index contributed by atoms with van der Waals surface area (Å²) in [5.74, 6) is 0. The van der Waals surface area contributed by atoms with Gasteiger partial charge in [0.05, 0.1) is 37.8 Å². The number of rotatable bonds is 7. The molecule has 1 unspecified atom stereocenters. The lowest BCUT2D eigenvalue weighted by Crippen LogP contribution is -2.58. The molecule has 0 heterocycles. The summed E-state index contributed by atoms with van der Waals surface area (Å²) in [4.78, 5) is 0. The number of nitrogens with zero attached hydrogens (tertiary/aromatic N) is 1. The third-order valence-electron chi connectivity index (χ3n) is 2.25. The van der Waals surface area contributed by atoms with Crippen molar-refractivity contribution in [3.8, 4) is 6.07 Å². The highest BCUT2D eigenvalue weighted by molar-refractivity contribution is 4.92. The zero-order valence-corrected chi connectivity index (χ0v) is 8.40. The van der Waals surface area contributed by atoms with Gasteiger partial charge in [-0.1, -0.05) is 6.92 Å². The third kappa shape index (κ3) is 3.60. The third-order valence-corrected chi connectivity index (χ3v) is 2.25. The van der Waals surface area contributed by atoms with Crippen LogP contribution in [0, 0.1) is 11.3 Å². The van der Waals surface area contributed by atoms with Crippen molar-refractivity contribution < 1.29 is 15.3 Å². The predicted molar refractivity (Wildman–Crippen MR) is 51.4 cm³/mol. The van der Waals surface area contributed by atoms with E-state index >= 15 is 0 Å². The maximum absolute atomic E-state index is 9.02. The molecule has 0 saturated carbocycles. The molecule has 0 aliphatic carbocycles. The summed E-state index contributed by atoms with van der Waals surface area (Å²) in [5.41, 5.74) is -1.09. The van der Waals surface area contributed by atoms with E-state index in [0.29, 0.717) is 6.42 Å². The fraction of sp³-hybridized carbons (Fsp3) is 0.889. The Balaban J connectivity index is 4.33. The van der Waals surface area contributed by atoms with Crippen LogP contribution in [0.25, 0.3) is 0 Å². The molecular formula is C9H18N2O3. The minimum Gasteiger partial charge on any atom is -0.394 e. The van der Waals surface area contributed by atoms with Crippen LogP contribution in [0.3, 0.4) is 0 Å². The Morgan fingerprint density at radius 1 is 1.29 bits per heavy atom. The van der Waals surface area contributed by atoms with Crippen LogP contribution in [0.15, 0.2) is 0 Å². The molecule has 0 aliphatic heterocycles. The number of hydrogen-bond donors (Lipinski definition) is 4. The van der Waals surface area contributed by atoms with Crippen LogP contribution in [0.1, 0.15) is 19.8 Å². The van der Waals surface area contributed by atoms with Crippen LogP contribution >= 0.6 is 0 Å². The molecule has 0 bridgehead atoms. The Bertz CT molecular complexity index is 179.